The van der Waals surface area contributed by atoms with Crippen molar-refractivity contribution >= 4 is 11.6 Å². The maximum absolute atomic E-state index is 12.7. The number of nitrogens with zero attached hydrogens (tertiary/aromatic N) is 1. The molecule has 0 bridgehead atoms. The van der Waals surface area contributed by atoms with E-state index in [4.69, 9.17) is 5.73 Å². The van der Waals surface area contributed by atoms with Gasteiger partial charge in [0.1, 0.15) is 0 Å². The van der Waals surface area contributed by atoms with Crippen LogP contribution in [-0.4, -0.2) is 29.9 Å². The molecule has 0 aliphatic carbocycles. The van der Waals surface area contributed by atoms with E-state index in [1.807, 2.05) is 30.3 Å². The summed E-state index contributed by atoms with van der Waals surface area (Å²) in [6.45, 7) is 2.50. The molecular weight excluding hydrogens is 310 g/mol. The van der Waals surface area contributed by atoms with E-state index in [0.717, 1.165) is 38.0 Å². The van der Waals surface area contributed by atoms with E-state index in [2.05, 4.69) is 34.5 Å². The normalized spacial score (nSPS) is 18.0. The smallest absolute Gasteiger partial charge is 0.237 e. The Balaban J connectivity index is 1.52. The van der Waals surface area contributed by atoms with Gasteiger partial charge in [0.25, 0.3) is 0 Å². The van der Waals surface area contributed by atoms with Crippen molar-refractivity contribution in [3.63, 3.8) is 0 Å². The van der Waals surface area contributed by atoms with Gasteiger partial charge in [0.05, 0.1) is 6.04 Å². The van der Waals surface area contributed by atoms with Crippen LogP contribution in [0.15, 0.2) is 54.6 Å². The summed E-state index contributed by atoms with van der Waals surface area (Å²) in [6, 6.07) is 18.2. The third-order valence-electron chi connectivity index (χ3n) is 4.84. The molecule has 1 saturated heterocycles. The van der Waals surface area contributed by atoms with Crippen LogP contribution in [0.1, 0.15) is 30.4 Å². The van der Waals surface area contributed by atoms with Crippen molar-refractivity contribution in [1.29, 1.82) is 0 Å². The Morgan fingerprint density at radius 2 is 1.80 bits per heavy atom. The molecule has 4 nitrogen and oxygen atoms in total. The van der Waals surface area contributed by atoms with E-state index in [1.165, 1.54) is 17.5 Å². The zero-order valence-electron chi connectivity index (χ0n) is 14.7. The standard InChI is InChI=1S/C21H27N3O/c22-19-11-9-17(10-12-19)13-14-23-21(25)20-8-4-5-15-24(20)16-18-6-2-1-3-7-18/h1-3,6-7,9-12,20H,4-5,8,13-16,22H2,(H,23,25). The average molecular weight is 337 g/mol. The lowest BCUT2D eigenvalue weighted by molar-refractivity contribution is -0.127. The number of anilines is 1. The number of nitrogens with one attached hydrogen (secondary N) is 1. The van der Waals surface area contributed by atoms with Crippen LogP contribution in [0, 0.1) is 0 Å². The number of amides is 1. The molecule has 1 unspecified atom stereocenters. The second-order valence-electron chi connectivity index (χ2n) is 6.75. The molecule has 0 saturated carbocycles. The zero-order valence-corrected chi connectivity index (χ0v) is 14.7. The van der Waals surface area contributed by atoms with E-state index in [9.17, 15) is 4.79 Å². The minimum Gasteiger partial charge on any atom is -0.399 e. The highest BCUT2D eigenvalue weighted by atomic mass is 16.2. The summed E-state index contributed by atoms with van der Waals surface area (Å²) in [6.07, 6.45) is 4.07. The number of benzene rings is 2. The first-order valence-electron chi connectivity index (χ1n) is 9.12. The molecule has 1 aliphatic heterocycles. The molecule has 25 heavy (non-hydrogen) atoms. The van der Waals surface area contributed by atoms with Gasteiger partial charge in [-0.05, 0) is 49.1 Å². The van der Waals surface area contributed by atoms with Gasteiger partial charge in [0.2, 0.25) is 5.91 Å². The van der Waals surface area contributed by atoms with Gasteiger partial charge in [-0.25, -0.2) is 0 Å². The van der Waals surface area contributed by atoms with Gasteiger partial charge in [-0.15, -0.1) is 0 Å². The lowest BCUT2D eigenvalue weighted by atomic mass is 10.00. The van der Waals surface area contributed by atoms with E-state index in [-0.39, 0.29) is 11.9 Å². The molecular formula is C21H27N3O. The number of rotatable bonds is 6. The SMILES string of the molecule is Nc1ccc(CCNC(=O)C2CCCCN2Cc2ccccc2)cc1. The van der Waals surface area contributed by atoms with Gasteiger partial charge in [-0.3, -0.25) is 9.69 Å². The Kier molecular flexibility index (Phi) is 6.07. The predicted molar refractivity (Wildman–Crippen MR) is 102 cm³/mol. The summed E-state index contributed by atoms with van der Waals surface area (Å²) in [5, 5.41) is 3.12. The lowest BCUT2D eigenvalue weighted by Crippen LogP contribution is -2.49. The van der Waals surface area contributed by atoms with Gasteiger partial charge < -0.3 is 11.1 Å². The molecule has 2 aromatic rings. The Morgan fingerprint density at radius 1 is 1.04 bits per heavy atom. The van der Waals surface area contributed by atoms with E-state index in [0.29, 0.717) is 6.54 Å². The van der Waals surface area contributed by atoms with Gasteiger partial charge >= 0.3 is 0 Å². The summed E-state index contributed by atoms with van der Waals surface area (Å²) in [5.41, 5.74) is 8.94. The lowest BCUT2D eigenvalue weighted by Gasteiger charge is -2.34. The van der Waals surface area contributed by atoms with Crippen molar-refractivity contribution in [2.45, 2.75) is 38.3 Å². The van der Waals surface area contributed by atoms with Gasteiger partial charge in [0.15, 0.2) is 0 Å². The highest BCUT2D eigenvalue weighted by Gasteiger charge is 2.28. The minimum absolute atomic E-state index is 0.0135. The molecule has 1 amide bonds. The number of nitrogens with two attached hydrogens (primary N) is 1. The van der Waals surface area contributed by atoms with Crippen LogP contribution in [0.2, 0.25) is 0 Å². The Labute approximate surface area is 150 Å². The van der Waals surface area contributed by atoms with Gasteiger partial charge in [-0.2, -0.15) is 0 Å². The second-order valence-corrected chi connectivity index (χ2v) is 6.75. The molecule has 3 N–H and O–H groups in total. The first kappa shape index (κ1) is 17.5. The van der Waals surface area contributed by atoms with Crippen molar-refractivity contribution in [3.05, 3.63) is 65.7 Å². The molecule has 1 atom stereocenters. The van der Waals surface area contributed by atoms with Gasteiger partial charge in [-0.1, -0.05) is 48.9 Å². The fourth-order valence-electron chi connectivity index (χ4n) is 3.43. The summed E-state index contributed by atoms with van der Waals surface area (Å²) >= 11 is 0. The highest BCUT2D eigenvalue weighted by Crippen LogP contribution is 2.20. The molecule has 1 heterocycles. The Hall–Kier alpha value is -2.33. The molecule has 0 aromatic heterocycles. The third kappa shape index (κ3) is 5.07. The number of nitrogen functional groups attached to an aromatic ring is 1. The van der Waals surface area contributed by atoms with Crippen molar-refractivity contribution in [2.75, 3.05) is 18.8 Å². The summed E-state index contributed by atoms with van der Waals surface area (Å²) in [4.78, 5) is 15.0. The highest BCUT2D eigenvalue weighted by molar-refractivity contribution is 5.81. The van der Waals surface area contributed by atoms with Crippen molar-refractivity contribution in [1.82, 2.24) is 10.2 Å². The van der Waals surface area contributed by atoms with E-state index < -0.39 is 0 Å². The first-order chi connectivity index (χ1) is 12.2. The average Bonchev–Trinajstić information content (AvgIpc) is 2.64. The molecule has 1 aliphatic rings. The van der Waals surface area contributed by atoms with Crippen LogP contribution >= 0.6 is 0 Å². The van der Waals surface area contributed by atoms with Crippen LogP contribution < -0.4 is 11.1 Å². The maximum atomic E-state index is 12.7. The van der Waals surface area contributed by atoms with Crippen LogP contribution in [0.25, 0.3) is 0 Å². The number of hydrogen-bond donors (Lipinski definition) is 2. The maximum Gasteiger partial charge on any atom is 0.237 e. The molecule has 1 fully saturated rings. The second kappa shape index (κ2) is 8.67. The first-order valence-corrected chi connectivity index (χ1v) is 9.12. The van der Waals surface area contributed by atoms with Crippen LogP contribution in [-0.2, 0) is 17.8 Å². The predicted octanol–water partition coefficient (Wildman–Crippen LogP) is 2.98. The molecule has 0 spiro atoms. The largest absolute Gasteiger partial charge is 0.399 e. The fourth-order valence-corrected chi connectivity index (χ4v) is 3.43. The van der Waals surface area contributed by atoms with Crippen molar-refractivity contribution in [2.24, 2.45) is 0 Å². The van der Waals surface area contributed by atoms with Crippen LogP contribution in [0.3, 0.4) is 0 Å². The summed E-state index contributed by atoms with van der Waals surface area (Å²) in [7, 11) is 0. The molecule has 0 radical (unpaired) electrons. The Morgan fingerprint density at radius 3 is 2.56 bits per heavy atom. The summed E-state index contributed by atoms with van der Waals surface area (Å²) in [5.74, 6) is 0.158. The summed E-state index contributed by atoms with van der Waals surface area (Å²) < 4.78 is 0. The van der Waals surface area contributed by atoms with Gasteiger partial charge in [0, 0.05) is 18.8 Å². The van der Waals surface area contributed by atoms with E-state index >= 15 is 0 Å². The quantitative estimate of drug-likeness (QED) is 0.797. The number of carbonyl (C=O) groups is 1. The molecule has 3 rings (SSSR count). The Bertz CT molecular complexity index is 669. The topological polar surface area (TPSA) is 58.4 Å². The van der Waals surface area contributed by atoms with Crippen molar-refractivity contribution in [3.8, 4) is 0 Å². The molecule has 132 valence electrons. The zero-order chi connectivity index (χ0) is 17.5. The number of likely N-dealkylation sites (tertiary alicyclic amines) is 1. The van der Waals surface area contributed by atoms with Crippen molar-refractivity contribution < 1.29 is 4.79 Å². The molecule has 2 aromatic carbocycles. The fraction of sp³-hybridized carbons (Fsp3) is 0.381. The molecule has 4 heteroatoms. The number of hydrogen-bond acceptors (Lipinski definition) is 3. The number of piperidine rings is 1. The monoisotopic (exact) mass is 337 g/mol. The minimum atomic E-state index is -0.0135. The third-order valence-corrected chi connectivity index (χ3v) is 4.84. The number of carbonyl (C=O) groups excluding carboxylic acids is 1. The van der Waals surface area contributed by atoms with E-state index in [1.54, 1.807) is 0 Å². The van der Waals surface area contributed by atoms with Crippen LogP contribution in [0.5, 0.6) is 0 Å². The van der Waals surface area contributed by atoms with Crippen LogP contribution in [0.4, 0.5) is 5.69 Å².